The third-order valence-corrected chi connectivity index (χ3v) is 2.28. The Morgan fingerprint density at radius 2 is 2.00 bits per heavy atom. The number of ether oxygens (including phenoxy) is 2. The summed E-state index contributed by atoms with van der Waals surface area (Å²) in [7, 11) is 0.994. The zero-order chi connectivity index (χ0) is 15.5. The summed E-state index contributed by atoms with van der Waals surface area (Å²) in [5, 5.41) is 0. The lowest BCUT2D eigenvalue weighted by atomic mass is 10.0. The second kappa shape index (κ2) is 6.02. The lowest BCUT2D eigenvalue weighted by Gasteiger charge is -2.17. The Morgan fingerprint density at radius 3 is 2.40 bits per heavy atom. The van der Waals surface area contributed by atoms with Crippen LogP contribution in [0.2, 0.25) is 0 Å². The molecule has 0 fully saturated rings. The average molecular weight is 299 g/mol. The molecule has 1 aromatic heterocycles. The first-order valence-electron chi connectivity index (χ1n) is 5.33. The number of hydrogen-bond acceptors (Lipinski definition) is 4. The molecule has 0 spiro atoms. The zero-order valence-electron chi connectivity index (χ0n) is 10.4. The number of rotatable bonds is 4. The minimum atomic E-state index is -5.08. The van der Waals surface area contributed by atoms with Gasteiger partial charge in [-0.15, -0.1) is 0 Å². The maximum absolute atomic E-state index is 12.9. The second-order valence-electron chi connectivity index (χ2n) is 3.49. The summed E-state index contributed by atoms with van der Waals surface area (Å²) < 4.78 is 73.0. The molecule has 0 aliphatic heterocycles. The smallest absolute Gasteiger partial charge is 0.418 e. The summed E-state index contributed by atoms with van der Waals surface area (Å²) in [5.74, 6) is -2.00. The minimum absolute atomic E-state index is 0.194. The van der Waals surface area contributed by atoms with Crippen molar-refractivity contribution < 1.29 is 36.2 Å². The number of esters is 1. The van der Waals surface area contributed by atoms with Crippen LogP contribution >= 0.6 is 0 Å². The summed E-state index contributed by atoms with van der Waals surface area (Å²) in [5.41, 5.74) is -4.21. The van der Waals surface area contributed by atoms with Gasteiger partial charge in [-0.25, -0.2) is 18.6 Å². The van der Waals surface area contributed by atoms with E-state index in [0.29, 0.717) is 0 Å². The maximum Gasteiger partial charge on any atom is 0.418 e. The first kappa shape index (κ1) is 16.1. The highest BCUT2D eigenvalue weighted by Gasteiger charge is 2.40. The molecule has 112 valence electrons. The van der Waals surface area contributed by atoms with Gasteiger partial charge in [0.2, 0.25) is 5.88 Å². The van der Waals surface area contributed by atoms with Gasteiger partial charge >= 0.3 is 12.1 Å². The number of methoxy groups -OCH3 is 1. The van der Waals surface area contributed by atoms with Gasteiger partial charge in [0.05, 0.1) is 24.8 Å². The summed E-state index contributed by atoms with van der Waals surface area (Å²) in [4.78, 5) is 14.8. The third kappa shape index (κ3) is 3.14. The van der Waals surface area contributed by atoms with Gasteiger partial charge in [-0.05, 0) is 6.92 Å². The molecular weight excluding hydrogens is 289 g/mol. The van der Waals surface area contributed by atoms with E-state index in [9.17, 15) is 26.7 Å². The number of pyridine rings is 1. The van der Waals surface area contributed by atoms with Crippen LogP contribution in [0.15, 0.2) is 6.20 Å². The number of alkyl halides is 5. The van der Waals surface area contributed by atoms with E-state index in [0.717, 1.165) is 7.11 Å². The fraction of sp³-hybridized carbons (Fsp3) is 0.455. The van der Waals surface area contributed by atoms with Crippen LogP contribution in [0.25, 0.3) is 0 Å². The number of carbonyl (C=O) groups excluding carboxylic acids is 1. The molecule has 0 aromatic carbocycles. The predicted octanol–water partition coefficient (Wildman–Crippen LogP) is 3.22. The lowest BCUT2D eigenvalue weighted by Crippen LogP contribution is -2.18. The van der Waals surface area contributed by atoms with Crippen molar-refractivity contribution in [1.82, 2.24) is 4.98 Å². The molecular formula is C11H10F5NO3. The van der Waals surface area contributed by atoms with Crippen molar-refractivity contribution in [2.45, 2.75) is 19.5 Å². The molecule has 4 nitrogen and oxygen atoms in total. The summed E-state index contributed by atoms with van der Waals surface area (Å²) in [6.45, 7) is 1.19. The molecule has 0 saturated carbocycles. The van der Waals surface area contributed by atoms with Crippen LogP contribution < -0.4 is 4.74 Å². The Kier molecular flexibility index (Phi) is 4.85. The Labute approximate surface area is 110 Å². The SMILES string of the molecule is CCOC(=O)c1c(OC)ncc(C(F)(F)F)c1C(F)F. The Hall–Kier alpha value is -1.93. The number of halogens is 5. The van der Waals surface area contributed by atoms with E-state index in [1.807, 2.05) is 0 Å². The molecule has 0 aliphatic carbocycles. The average Bonchev–Trinajstić information content (AvgIpc) is 2.35. The molecule has 0 aliphatic rings. The highest BCUT2D eigenvalue weighted by molar-refractivity contribution is 5.94. The Bertz CT molecular complexity index is 502. The van der Waals surface area contributed by atoms with Crippen LogP contribution in [-0.2, 0) is 10.9 Å². The van der Waals surface area contributed by atoms with E-state index in [1.165, 1.54) is 6.92 Å². The highest BCUT2D eigenvalue weighted by Crippen LogP contribution is 2.40. The maximum atomic E-state index is 12.9. The van der Waals surface area contributed by atoms with Gasteiger partial charge in [0.15, 0.2) is 0 Å². The third-order valence-electron chi connectivity index (χ3n) is 2.28. The Balaban J connectivity index is 3.62. The van der Waals surface area contributed by atoms with Gasteiger partial charge in [-0.3, -0.25) is 0 Å². The molecule has 9 heteroatoms. The van der Waals surface area contributed by atoms with Gasteiger partial charge in [0.1, 0.15) is 5.56 Å². The van der Waals surface area contributed by atoms with Crippen molar-refractivity contribution in [2.24, 2.45) is 0 Å². The van der Waals surface area contributed by atoms with Crippen molar-refractivity contribution in [3.8, 4) is 5.88 Å². The quantitative estimate of drug-likeness (QED) is 0.632. The van der Waals surface area contributed by atoms with Crippen molar-refractivity contribution in [1.29, 1.82) is 0 Å². The number of nitrogens with zero attached hydrogens (tertiary/aromatic N) is 1. The van der Waals surface area contributed by atoms with Crippen molar-refractivity contribution in [3.63, 3.8) is 0 Å². The molecule has 0 atom stereocenters. The van der Waals surface area contributed by atoms with E-state index in [2.05, 4.69) is 14.5 Å². The molecule has 0 bridgehead atoms. The van der Waals surface area contributed by atoms with E-state index in [4.69, 9.17) is 0 Å². The summed E-state index contributed by atoms with van der Waals surface area (Å²) in [6, 6.07) is 0. The van der Waals surface area contributed by atoms with Gasteiger partial charge < -0.3 is 9.47 Å². The van der Waals surface area contributed by atoms with Crippen molar-refractivity contribution >= 4 is 5.97 Å². The van der Waals surface area contributed by atoms with Gasteiger partial charge in [0.25, 0.3) is 6.43 Å². The lowest BCUT2D eigenvalue weighted by molar-refractivity contribution is -0.139. The Morgan fingerprint density at radius 1 is 1.40 bits per heavy atom. The molecule has 1 rings (SSSR count). The van der Waals surface area contributed by atoms with Crippen molar-refractivity contribution in [2.75, 3.05) is 13.7 Å². The van der Waals surface area contributed by atoms with Crippen LogP contribution in [0, 0.1) is 0 Å². The van der Waals surface area contributed by atoms with Crippen LogP contribution in [0.1, 0.15) is 34.8 Å². The second-order valence-corrected chi connectivity index (χ2v) is 3.49. The van der Waals surface area contributed by atoms with E-state index in [-0.39, 0.29) is 12.8 Å². The fourth-order valence-electron chi connectivity index (χ4n) is 1.51. The molecule has 0 saturated heterocycles. The molecule has 0 N–H and O–H groups in total. The first-order valence-corrected chi connectivity index (χ1v) is 5.33. The van der Waals surface area contributed by atoms with Gasteiger partial charge in [0, 0.05) is 6.20 Å². The van der Waals surface area contributed by atoms with Gasteiger partial charge in [-0.2, -0.15) is 13.2 Å². The standard InChI is InChI=1S/C11H10F5NO3/c1-3-20-10(18)7-6(8(12)13)5(11(14,15)16)4-17-9(7)19-2/h4,8H,3H2,1-2H3. The normalized spacial score (nSPS) is 11.6. The summed E-state index contributed by atoms with van der Waals surface area (Å²) in [6.07, 6.45) is -8.42. The zero-order valence-corrected chi connectivity index (χ0v) is 10.4. The van der Waals surface area contributed by atoms with Crippen LogP contribution in [0.4, 0.5) is 22.0 Å². The van der Waals surface area contributed by atoms with Crippen LogP contribution in [0.3, 0.4) is 0 Å². The van der Waals surface area contributed by atoms with Crippen LogP contribution in [-0.4, -0.2) is 24.7 Å². The van der Waals surface area contributed by atoms with E-state index < -0.39 is 41.1 Å². The monoisotopic (exact) mass is 299 g/mol. The number of hydrogen-bond donors (Lipinski definition) is 0. The molecule has 1 aromatic rings. The predicted molar refractivity (Wildman–Crippen MR) is 56.7 cm³/mol. The number of aromatic nitrogens is 1. The molecule has 1 heterocycles. The van der Waals surface area contributed by atoms with Crippen molar-refractivity contribution in [3.05, 3.63) is 22.9 Å². The molecule has 0 unspecified atom stereocenters. The fourth-order valence-corrected chi connectivity index (χ4v) is 1.51. The summed E-state index contributed by atoms with van der Waals surface area (Å²) >= 11 is 0. The largest absolute Gasteiger partial charge is 0.480 e. The molecule has 20 heavy (non-hydrogen) atoms. The molecule has 0 amide bonds. The minimum Gasteiger partial charge on any atom is -0.480 e. The first-order chi connectivity index (χ1) is 9.23. The topological polar surface area (TPSA) is 48.4 Å². The highest BCUT2D eigenvalue weighted by atomic mass is 19.4. The van der Waals surface area contributed by atoms with E-state index in [1.54, 1.807) is 0 Å². The van der Waals surface area contributed by atoms with E-state index >= 15 is 0 Å². The van der Waals surface area contributed by atoms with Crippen LogP contribution in [0.5, 0.6) is 5.88 Å². The molecule has 0 radical (unpaired) electrons. The number of carbonyl (C=O) groups is 1. The van der Waals surface area contributed by atoms with Gasteiger partial charge in [-0.1, -0.05) is 0 Å².